The van der Waals surface area contributed by atoms with Crippen molar-refractivity contribution in [2.24, 2.45) is 5.92 Å². The molecule has 1 aromatic rings. The summed E-state index contributed by atoms with van der Waals surface area (Å²) in [5, 5.41) is 3.42. The summed E-state index contributed by atoms with van der Waals surface area (Å²) in [7, 11) is 0. The Hall–Kier alpha value is -0.850. The average Bonchev–Trinajstić information content (AvgIpc) is 2.43. The minimum Gasteiger partial charge on any atom is -0.466 e. The molecular formula is C15H19FINO2. The lowest BCUT2D eigenvalue weighted by atomic mass is 9.85. The Bertz CT molecular complexity index is 481. The fraction of sp³-hybridized carbons (Fsp3) is 0.533. The van der Waals surface area contributed by atoms with Crippen molar-refractivity contribution < 1.29 is 13.9 Å². The highest BCUT2D eigenvalue weighted by Gasteiger charge is 2.28. The Labute approximate surface area is 132 Å². The second-order valence-electron chi connectivity index (χ2n) is 5.08. The third-order valence-electron chi connectivity index (χ3n) is 3.58. The predicted molar refractivity (Wildman–Crippen MR) is 85.1 cm³/mol. The topological polar surface area (TPSA) is 38.3 Å². The first kappa shape index (κ1) is 15.5. The summed E-state index contributed by atoms with van der Waals surface area (Å²) in [5.74, 6) is -0.333. The van der Waals surface area contributed by atoms with E-state index in [0.717, 1.165) is 34.9 Å². The van der Waals surface area contributed by atoms with E-state index in [-0.39, 0.29) is 23.7 Å². The van der Waals surface area contributed by atoms with E-state index >= 15 is 0 Å². The number of nitrogens with one attached hydrogen (secondary N) is 1. The van der Waals surface area contributed by atoms with Gasteiger partial charge in [0, 0.05) is 15.3 Å². The summed E-state index contributed by atoms with van der Waals surface area (Å²) < 4.78 is 19.0. The molecule has 3 nitrogen and oxygen atoms in total. The van der Waals surface area contributed by atoms with Gasteiger partial charge in [0.1, 0.15) is 5.82 Å². The van der Waals surface area contributed by atoms with Gasteiger partial charge in [0.25, 0.3) is 0 Å². The van der Waals surface area contributed by atoms with Crippen LogP contribution in [0.4, 0.5) is 10.1 Å². The van der Waals surface area contributed by atoms with E-state index < -0.39 is 0 Å². The monoisotopic (exact) mass is 391 g/mol. The fourth-order valence-electron chi connectivity index (χ4n) is 2.62. The van der Waals surface area contributed by atoms with Crippen LogP contribution in [-0.4, -0.2) is 18.6 Å². The van der Waals surface area contributed by atoms with Gasteiger partial charge in [-0.15, -0.1) is 0 Å². The number of hydrogen-bond acceptors (Lipinski definition) is 3. The first-order valence-corrected chi connectivity index (χ1v) is 8.06. The molecule has 20 heavy (non-hydrogen) atoms. The van der Waals surface area contributed by atoms with Crippen LogP contribution in [-0.2, 0) is 9.53 Å². The molecule has 0 bridgehead atoms. The van der Waals surface area contributed by atoms with Gasteiger partial charge in [-0.2, -0.15) is 0 Å². The second kappa shape index (κ2) is 7.24. The van der Waals surface area contributed by atoms with Crippen molar-refractivity contribution in [1.29, 1.82) is 0 Å². The van der Waals surface area contributed by atoms with Crippen LogP contribution in [0.1, 0.15) is 32.6 Å². The normalized spacial score (nSPS) is 22.4. The number of esters is 1. The first-order chi connectivity index (χ1) is 9.60. The van der Waals surface area contributed by atoms with Gasteiger partial charge in [-0.25, -0.2) is 4.39 Å². The van der Waals surface area contributed by atoms with E-state index in [0.29, 0.717) is 6.61 Å². The number of hydrogen-bond donors (Lipinski definition) is 1. The number of carbonyl (C=O) groups is 1. The van der Waals surface area contributed by atoms with Crippen molar-refractivity contribution in [2.75, 3.05) is 11.9 Å². The van der Waals surface area contributed by atoms with Crippen LogP contribution in [0, 0.1) is 15.3 Å². The highest BCUT2D eigenvalue weighted by Crippen LogP contribution is 2.29. The zero-order valence-corrected chi connectivity index (χ0v) is 13.7. The Kier molecular flexibility index (Phi) is 5.63. The number of ether oxygens (including phenoxy) is 1. The van der Waals surface area contributed by atoms with Gasteiger partial charge in [-0.05, 0) is 67.0 Å². The van der Waals surface area contributed by atoms with Gasteiger partial charge in [0.05, 0.1) is 12.5 Å². The van der Waals surface area contributed by atoms with Gasteiger partial charge in [-0.3, -0.25) is 4.79 Å². The molecule has 0 aliphatic heterocycles. The summed E-state index contributed by atoms with van der Waals surface area (Å²) >= 11 is 2.12. The molecule has 0 spiro atoms. The molecule has 0 aromatic heterocycles. The lowest BCUT2D eigenvalue weighted by Crippen LogP contribution is -2.32. The van der Waals surface area contributed by atoms with Crippen LogP contribution < -0.4 is 5.32 Å². The average molecular weight is 391 g/mol. The minimum absolute atomic E-state index is 0.0145. The van der Waals surface area contributed by atoms with Crippen LogP contribution in [0.2, 0.25) is 0 Å². The van der Waals surface area contributed by atoms with Gasteiger partial charge < -0.3 is 10.1 Å². The lowest BCUT2D eigenvalue weighted by Gasteiger charge is -2.29. The minimum atomic E-state index is -0.229. The van der Waals surface area contributed by atoms with Gasteiger partial charge in [-0.1, -0.05) is 6.42 Å². The maximum atomic E-state index is 13.1. The van der Waals surface area contributed by atoms with Gasteiger partial charge >= 0.3 is 5.97 Å². The van der Waals surface area contributed by atoms with Crippen LogP contribution in [0.5, 0.6) is 0 Å². The molecule has 2 atom stereocenters. The lowest BCUT2D eigenvalue weighted by molar-refractivity contribution is -0.149. The predicted octanol–water partition coefficient (Wildman–Crippen LogP) is 3.96. The largest absolute Gasteiger partial charge is 0.466 e. The smallest absolute Gasteiger partial charge is 0.308 e. The molecule has 110 valence electrons. The molecule has 0 heterocycles. The van der Waals surface area contributed by atoms with Gasteiger partial charge in [0.2, 0.25) is 0 Å². The number of anilines is 1. The summed E-state index contributed by atoms with van der Waals surface area (Å²) in [6, 6.07) is 4.97. The molecule has 0 amide bonds. The van der Waals surface area contributed by atoms with E-state index in [1.165, 1.54) is 12.1 Å². The Morgan fingerprint density at radius 2 is 2.30 bits per heavy atom. The third-order valence-corrected chi connectivity index (χ3v) is 4.48. The second-order valence-corrected chi connectivity index (χ2v) is 6.24. The van der Waals surface area contributed by atoms with Crippen molar-refractivity contribution in [2.45, 2.75) is 38.6 Å². The molecule has 1 aliphatic carbocycles. The van der Waals surface area contributed by atoms with Crippen molar-refractivity contribution in [1.82, 2.24) is 0 Å². The van der Waals surface area contributed by atoms with Crippen LogP contribution in [0.3, 0.4) is 0 Å². The molecule has 1 saturated carbocycles. The Morgan fingerprint density at radius 3 is 3.00 bits per heavy atom. The van der Waals surface area contributed by atoms with Crippen molar-refractivity contribution in [3.63, 3.8) is 0 Å². The quantitative estimate of drug-likeness (QED) is 0.624. The van der Waals surface area contributed by atoms with E-state index in [1.54, 1.807) is 6.07 Å². The highest BCUT2D eigenvalue weighted by molar-refractivity contribution is 14.1. The zero-order chi connectivity index (χ0) is 14.5. The Balaban J connectivity index is 1.97. The third kappa shape index (κ3) is 4.07. The molecule has 1 aliphatic rings. The van der Waals surface area contributed by atoms with E-state index in [9.17, 15) is 9.18 Å². The molecule has 1 aromatic carbocycles. The molecule has 1 N–H and O–H groups in total. The highest BCUT2D eigenvalue weighted by atomic mass is 127. The summed E-state index contributed by atoms with van der Waals surface area (Å²) in [4.78, 5) is 11.8. The van der Waals surface area contributed by atoms with Crippen LogP contribution in [0.25, 0.3) is 0 Å². The Morgan fingerprint density at radius 1 is 1.50 bits per heavy atom. The van der Waals surface area contributed by atoms with Gasteiger partial charge in [0.15, 0.2) is 0 Å². The van der Waals surface area contributed by atoms with Crippen LogP contribution >= 0.6 is 22.6 Å². The summed E-state index contributed by atoms with van der Waals surface area (Å²) in [5.41, 5.74) is 0.932. The SMILES string of the molecule is CCOC(=O)C1CCCC(Nc2ccc(F)cc2I)C1. The molecule has 2 rings (SSSR count). The number of carbonyl (C=O) groups excluding carboxylic acids is 1. The molecule has 5 heteroatoms. The van der Waals surface area contributed by atoms with Crippen molar-refractivity contribution in [3.8, 4) is 0 Å². The standard InChI is InChI=1S/C15H19FINO2/c1-2-20-15(19)10-4-3-5-12(8-10)18-14-7-6-11(16)9-13(14)17/h6-7,9-10,12,18H,2-5,8H2,1H3. The first-order valence-electron chi connectivity index (χ1n) is 6.98. The maximum Gasteiger partial charge on any atom is 0.308 e. The van der Waals surface area contributed by atoms with E-state index in [2.05, 4.69) is 27.9 Å². The van der Waals surface area contributed by atoms with E-state index in [1.807, 2.05) is 6.92 Å². The number of halogens is 2. The molecule has 1 fully saturated rings. The zero-order valence-electron chi connectivity index (χ0n) is 11.5. The van der Waals surface area contributed by atoms with E-state index in [4.69, 9.17) is 4.74 Å². The molecule has 2 unspecified atom stereocenters. The number of rotatable bonds is 4. The van der Waals surface area contributed by atoms with Crippen molar-refractivity contribution in [3.05, 3.63) is 27.6 Å². The molecular weight excluding hydrogens is 372 g/mol. The summed E-state index contributed by atoms with van der Waals surface area (Å²) in [6.45, 7) is 2.26. The molecule has 0 radical (unpaired) electrons. The van der Waals surface area contributed by atoms with Crippen LogP contribution in [0.15, 0.2) is 18.2 Å². The van der Waals surface area contributed by atoms with Crippen molar-refractivity contribution >= 4 is 34.2 Å². The molecule has 0 saturated heterocycles. The summed E-state index contributed by atoms with van der Waals surface area (Å²) in [6.07, 6.45) is 3.73. The maximum absolute atomic E-state index is 13.1. The number of benzene rings is 1. The fourth-order valence-corrected chi connectivity index (χ4v) is 3.25.